The van der Waals surface area contributed by atoms with Gasteiger partial charge in [-0.25, -0.2) is 4.79 Å². The highest BCUT2D eigenvalue weighted by atomic mass is 32.2. The zero-order valence-corrected chi connectivity index (χ0v) is 13.0. The van der Waals surface area contributed by atoms with Gasteiger partial charge in [-0.15, -0.1) is 0 Å². The van der Waals surface area contributed by atoms with Crippen LogP contribution in [0.5, 0.6) is 0 Å². The number of Topliss-reactive ketones (excluding diaryl/α,β-unsaturated/α-hetero) is 1. The average Bonchev–Trinajstić information content (AvgIpc) is 2.49. The number of alkyl carbamates (subject to hydrolysis) is 1. The summed E-state index contributed by atoms with van der Waals surface area (Å²) in [5.41, 5.74) is 0.815. The van der Waals surface area contributed by atoms with Crippen LogP contribution in [0.25, 0.3) is 0 Å². The number of hydrogen-bond donors (Lipinski definition) is 1. The number of benzene rings is 1. The van der Waals surface area contributed by atoms with Crippen LogP contribution >= 0.6 is 11.8 Å². The molecule has 0 aliphatic carbocycles. The van der Waals surface area contributed by atoms with Crippen LogP contribution in [0, 0.1) is 10.1 Å². The quantitative estimate of drug-likeness (QED) is 0.549. The molecule has 22 heavy (non-hydrogen) atoms. The Morgan fingerprint density at radius 3 is 2.64 bits per heavy atom. The molecule has 0 fully saturated rings. The van der Waals surface area contributed by atoms with E-state index in [0.717, 1.165) is 5.56 Å². The Labute approximate surface area is 132 Å². The van der Waals surface area contributed by atoms with Crippen LogP contribution in [0.4, 0.5) is 4.79 Å². The molecular weight excluding hydrogens is 308 g/mol. The van der Waals surface area contributed by atoms with E-state index in [1.54, 1.807) is 12.1 Å². The number of carbonyl (C=O) groups excluding carboxylic acids is 2. The number of thioether (sulfide) groups is 1. The van der Waals surface area contributed by atoms with E-state index in [1.807, 2.05) is 24.5 Å². The Bertz CT molecular complexity index is 509. The highest BCUT2D eigenvalue weighted by molar-refractivity contribution is 7.98. The number of ether oxygens (including phenoxy) is 1. The van der Waals surface area contributed by atoms with Gasteiger partial charge in [0.25, 0.3) is 6.54 Å². The van der Waals surface area contributed by atoms with Gasteiger partial charge in [-0.3, -0.25) is 14.9 Å². The molecule has 1 unspecified atom stereocenters. The first-order chi connectivity index (χ1) is 10.5. The normalized spacial score (nSPS) is 11.5. The number of nitrogens with one attached hydrogen (secondary N) is 1. The van der Waals surface area contributed by atoms with E-state index in [2.05, 4.69) is 5.32 Å². The van der Waals surface area contributed by atoms with E-state index in [-0.39, 0.29) is 6.61 Å². The van der Waals surface area contributed by atoms with Crippen LogP contribution in [-0.2, 0) is 16.1 Å². The molecule has 1 N–H and O–H groups in total. The van der Waals surface area contributed by atoms with Gasteiger partial charge in [0.15, 0.2) is 0 Å². The monoisotopic (exact) mass is 326 g/mol. The summed E-state index contributed by atoms with van der Waals surface area (Å²) in [6.45, 7) is -0.733. The fraction of sp³-hybridized carbons (Fsp3) is 0.429. The first-order valence-corrected chi connectivity index (χ1v) is 8.03. The Morgan fingerprint density at radius 1 is 1.36 bits per heavy atom. The molecule has 120 valence electrons. The van der Waals surface area contributed by atoms with Crippen molar-refractivity contribution in [2.24, 2.45) is 0 Å². The molecule has 0 aliphatic heterocycles. The lowest BCUT2D eigenvalue weighted by molar-refractivity contribution is -0.467. The molecular formula is C14H18N2O5S. The maximum atomic E-state index is 11.7. The van der Waals surface area contributed by atoms with Crippen LogP contribution in [0.2, 0.25) is 0 Å². The minimum absolute atomic E-state index is 0.0747. The summed E-state index contributed by atoms with van der Waals surface area (Å²) in [7, 11) is 0. The Kier molecular flexibility index (Phi) is 7.98. The number of hydrogen-bond acceptors (Lipinski definition) is 6. The predicted molar refractivity (Wildman–Crippen MR) is 83.4 cm³/mol. The summed E-state index contributed by atoms with van der Waals surface area (Å²) in [6, 6.07) is 8.18. The molecule has 0 saturated carbocycles. The summed E-state index contributed by atoms with van der Waals surface area (Å²) in [5, 5.41) is 12.8. The standard InChI is InChI=1S/C14H18N2O5S/c1-22-8-7-12(13(17)9-16(19)20)15-14(18)21-10-11-5-3-2-4-6-11/h2-6,12H,7-10H2,1H3,(H,15,18). The fourth-order valence-corrected chi connectivity index (χ4v) is 2.17. The van der Waals surface area contributed by atoms with Gasteiger partial charge in [0.1, 0.15) is 6.61 Å². The maximum Gasteiger partial charge on any atom is 0.408 e. The molecule has 1 aromatic carbocycles. The Morgan fingerprint density at radius 2 is 2.05 bits per heavy atom. The fourth-order valence-electron chi connectivity index (χ4n) is 1.69. The van der Waals surface area contributed by atoms with Gasteiger partial charge < -0.3 is 10.1 Å². The van der Waals surface area contributed by atoms with Crippen molar-refractivity contribution in [3.8, 4) is 0 Å². The van der Waals surface area contributed by atoms with E-state index in [0.29, 0.717) is 12.2 Å². The minimum Gasteiger partial charge on any atom is -0.445 e. The van der Waals surface area contributed by atoms with Gasteiger partial charge in [0.2, 0.25) is 5.78 Å². The maximum absolute atomic E-state index is 11.7. The number of amides is 1. The van der Waals surface area contributed by atoms with Crippen LogP contribution in [0.1, 0.15) is 12.0 Å². The van der Waals surface area contributed by atoms with Crippen LogP contribution < -0.4 is 5.32 Å². The van der Waals surface area contributed by atoms with Gasteiger partial charge in [-0.2, -0.15) is 11.8 Å². The van der Waals surface area contributed by atoms with Gasteiger partial charge in [-0.05, 0) is 24.0 Å². The molecule has 0 radical (unpaired) electrons. The van der Waals surface area contributed by atoms with Crippen LogP contribution in [0.15, 0.2) is 30.3 Å². The third kappa shape index (κ3) is 7.07. The number of nitrogens with zero attached hydrogens (tertiary/aromatic N) is 1. The summed E-state index contributed by atoms with van der Waals surface area (Å²) in [5.74, 6) is -0.0247. The van der Waals surface area contributed by atoms with E-state index < -0.39 is 29.4 Å². The van der Waals surface area contributed by atoms with Gasteiger partial charge in [0.05, 0.1) is 6.04 Å². The first-order valence-electron chi connectivity index (χ1n) is 6.63. The highest BCUT2D eigenvalue weighted by Gasteiger charge is 2.24. The lowest BCUT2D eigenvalue weighted by Crippen LogP contribution is -2.43. The van der Waals surface area contributed by atoms with Crippen molar-refractivity contribution in [2.45, 2.75) is 19.1 Å². The Hall–Kier alpha value is -2.09. The van der Waals surface area contributed by atoms with Crippen molar-refractivity contribution in [1.29, 1.82) is 0 Å². The molecule has 1 aromatic rings. The molecule has 0 aromatic heterocycles. The molecule has 0 spiro atoms. The second-order valence-electron chi connectivity index (χ2n) is 4.50. The average molecular weight is 326 g/mol. The number of nitro groups is 1. The molecule has 1 amide bonds. The molecule has 0 bridgehead atoms. The molecule has 1 rings (SSSR count). The molecule has 0 heterocycles. The van der Waals surface area contributed by atoms with E-state index >= 15 is 0 Å². The third-order valence-corrected chi connectivity index (χ3v) is 3.43. The van der Waals surface area contributed by atoms with E-state index in [4.69, 9.17) is 4.74 Å². The molecule has 0 aliphatic rings. The van der Waals surface area contributed by atoms with Gasteiger partial charge >= 0.3 is 6.09 Å². The smallest absolute Gasteiger partial charge is 0.408 e. The van der Waals surface area contributed by atoms with Crippen LogP contribution in [-0.4, -0.2) is 41.4 Å². The van der Waals surface area contributed by atoms with E-state index in [1.165, 1.54) is 11.8 Å². The molecule has 1 atom stereocenters. The summed E-state index contributed by atoms with van der Waals surface area (Å²) >= 11 is 1.49. The van der Waals surface area contributed by atoms with Crippen LogP contribution in [0.3, 0.4) is 0 Å². The summed E-state index contributed by atoms with van der Waals surface area (Å²) in [4.78, 5) is 33.2. The largest absolute Gasteiger partial charge is 0.445 e. The SMILES string of the molecule is CSCCC(NC(=O)OCc1ccccc1)C(=O)C[N+](=O)[O-]. The van der Waals surface area contributed by atoms with Crippen molar-refractivity contribution >= 4 is 23.6 Å². The zero-order chi connectivity index (χ0) is 16.4. The number of carbonyl (C=O) groups is 2. The molecule has 8 heteroatoms. The number of rotatable bonds is 9. The Balaban J connectivity index is 2.50. The van der Waals surface area contributed by atoms with Crippen molar-refractivity contribution in [2.75, 3.05) is 18.6 Å². The summed E-state index contributed by atoms with van der Waals surface area (Å²) < 4.78 is 5.01. The van der Waals surface area contributed by atoms with Gasteiger partial charge in [0, 0.05) is 4.92 Å². The van der Waals surface area contributed by atoms with E-state index in [9.17, 15) is 19.7 Å². The summed E-state index contributed by atoms with van der Waals surface area (Å²) in [6.07, 6.45) is 1.42. The predicted octanol–water partition coefficient (Wildman–Crippen LogP) is 1.88. The van der Waals surface area contributed by atoms with Crippen molar-refractivity contribution < 1.29 is 19.2 Å². The lowest BCUT2D eigenvalue weighted by Gasteiger charge is -2.15. The van der Waals surface area contributed by atoms with Crippen molar-refractivity contribution in [3.05, 3.63) is 46.0 Å². The topological polar surface area (TPSA) is 98.5 Å². The molecule has 7 nitrogen and oxygen atoms in total. The minimum atomic E-state index is -0.902. The van der Waals surface area contributed by atoms with Crippen molar-refractivity contribution in [1.82, 2.24) is 5.32 Å². The second kappa shape index (κ2) is 9.78. The highest BCUT2D eigenvalue weighted by Crippen LogP contribution is 2.04. The third-order valence-electron chi connectivity index (χ3n) is 2.79. The second-order valence-corrected chi connectivity index (χ2v) is 5.48. The number of ketones is 1. The van der Waals surface area contributed by atoms with Gasteiger partial charge in [-0.1, -0.05) is 30.3 Å². The zero-order valence-electron chi connectivity index (χ0n) is 12.2. The lowest BCUT2D eigenvalue weighted by atomic mass is 10.1. The first kappa shape index (κ1) is 18.0. The molecule has 0 saturated heterocycles. The van der Waals surface area contributed by atoms with Crippen molar-refractivity contribution in [3.63, 3.8) is 0 Å².